The molecule has 0 aromatic carbocycles. The van der Waals surface area contributed by atoms with Crippen LogP contribution in [0.1, 0.15) is 50.3 Å². The third-order valence-electron chi connectivity index (χ3n) is 5.68. The number of nitrogens with zero attached hydrogens (tertiary/aromatic N) is 4. The van der Waals surface area contributed by atoms with Crippen LogP contribution in [0.25, 0.3) is 20.8 Å². The second kappa shape index (κ2) is 7.04. The summed E-state index contributed by atoms with van der Waals surface area (Å²) >= 11 is 1.65. The van der Waals surface area contributed by atoms with Gasteiger partial charge in [-0.05, 0) is 65.9 Å². The van der Waals surface area contributed by atoms with Crippen LogP contribution >= 0.6 is 11.3 Å². The van der Waals surface area contributed by atoms with Crippen molar-refractivity contribution < 1.29 is 5.11 Å². The molecule has 7 heteroatoms. The number of aryl methyl sites for hydroxylation is 3. The highest BCUT2D eigenvalue weighted by Crippen LogP contribution is 2.39. The zero-order valence-corrected chi connectivity index (χ0v) is 17.9. The number of aromatic nitrogens is 4. The van der Waals surface area contributed by atoms with Gasteiger partial charge in [0.25, 0.3) is 0 Å². The van der Waals surface area contributed by atoms with Gasteiger partial charge in [0.05, 0.1) is 27.3 Å². The van der Waals surface area contributed by atoms with E-state index in [9.17, 15) is 5.11 Å². The average Bonchev–Trinajstić information content (AvgIpc) is 3.21. The molecule has 3 aromatic heterocycles. The maximum absolute atomic E-state index is 10.4. The highest BCUT2D eigenvalue weighted by Gasteiger charge is 2.35. The van der Waals surface area contributed by atoms with Crippen molar-refractivity contribution in [1.82, 2.24) is 19.9 Å². The largest absolute Gasteiger partial charge is 0.390 e. The number of hydrogen-bond acceptors (Lipinski definition) is 7. The average molecular weight is 398 g/mol. The molecule has 28 heavy (non-hydrogen) atoms. The number of fused-ring (bicyclic) bond motifs is 1. The molecule has 1 saturated carbocycles. The Labute approximate surface area is 169 Å². The summed E-state index contributed by atoms with van der Waals surface area (Å²) in [4.78, 5) is 18.5. The van der Waals surface area contributed by atoms with Crippen LogP contribution in [0, 0.1) is 26.7 Å². The van der Waals surface area contributed by atoms with E-state index in [-0.39, 0.29) is 0 Å². The van der Waals surface area contributed by atoms with Gasteiger partial charge in [0.2, 0.25) is 0 Å². The molecule has 0 amide bonds. The highest BCUT2D eigenvalue weighted by molar-refractivity contribution is 7.21. The van der Waals surface area contributed by atoms with E-state index in [1.165, 1.54) is 0 Å². The smallest absolute Gasteiger partial charge is 0.140 e. The van der Waals surface area contributed by atoms with Gasteiger partial charge in [0.15, 0.2) is 0 Å². The minimum atomic E-state index is -0.645. The summed E-state index contributed by atoms with van der Waals surface area (Å²) in [5.41, 5.74) is 3.13. The first kappa shape index (κ1) is 19.2. The predicted molar refractivity (Wildman–Crippen MR) is 114 cm³/mol. The Morgan fingerprint density at radius 3 is 2.57 bits per heavy atom. The number of hydrogen-bond donors (Lipinski definition) is 2. The van der Waals surface area contributed by atoms with Gasteiger partial charge in [-0.15, -0.1) is 11.3 Å². The molecule has 0 spiro atoms. The van der Waals surface area contributed by atoms with Crippen molar-refractivity contribution >= 4 is 27.4 Å². The summed E-state index contributed by atoms with van der Waals surface area (Å²) in [6.45, 7) is 9.73. The lowest BCUT2D eigenvalue weighted by Gasteiger charge is -2.25. The fourth-order valence-electron chi connectivity index (χ4n) is 4.11. The fraction of sp³-hybridized carbons (Fsp3) is 0.524. The van der Waals surface area contributed by atoms with Gasteiger partial charge in [-0.1, -0.05) is 0 Å². The molecule has 2 N–H and O–H groups in total. The molecule has 3 heterocycles. The van der Waals surface area contributed by atoms with E-state index in [0.717, 1.165) is 63.1 Å². The van der Waals surface area contributed by atoms with Crippen LogP contribution < -0.4 is 5.32 Å². The van der Waals surface area contributed by atoms with Crippen molar-refractivity contribution in [3.05, 3.63) is 29.5 Å². The third-order valence-corrected chi connectivity index (χ3v) is 6.72. The Kier molecular flexibility index (Phi) is 4.83. The lowest BCUT2D eigenvalue weighted by Crippen LogP contribution is -2.30. The van der Waals surface area contributed by atoms with Gasteiger partial charge in [-0.25, -0.2) is 15.0 Å². The van der Waals surface area contributed by atoms with Crippen LogP contribution in [-0.2, 0) is 0 Å². The molecular formula is C21H27N5OS. The summed E-state index contributed by atoms with van der Waals surface area (Å²) in [5, 5.41) is 14.9. The summed E-state index contributed by atoms with van der Waals surface area (Å²) in [7, 11) is 0. The van der Waals surface area contributed by atoms with Crippen LogP contribution in [0.3, 0.4) is 0 Å². The van der Waals surface area contributed by atoms with E-state index >= 15 is 0 Å². The quantitative estimate of drug-likeness (QED) is 0.678. The Balaban J connectivity index is 1.71. The highest BCUT2D eigenvalue weighted by atomic mass is 32.1. The second-order valence-electron chi connectivity index (χ2n) is 8.35. The van der Waals surface area contributed by atoms with Crippen LogP contribution in [-0.4, -0.2) is 36.7 Å². The molecule has 6 nitrogen and oxygen atoms in total. The summed E-state index contributed by atoms with van der Waals surface area (Å²) in [6, 6.07) is 2.30. The third kappa shape index (κ3) is 3.61. The molecule has 1 aliphatic rings. The molecular weight excluding hydrogens is 370 g/mol. The molecule has 1 aliphatic carbocycles. The summed E-state index contributed by atoms with van der Waals surface area (Å²) < 4.78 is 1.12. The molecule has 3 aromatic rings. The number of pyridine rings is 1. The van der Waals surface area contributed by atoms with E-state index < -0.39 is 5.60 Å². The van der Waals surface area contributed by atoms with Crippen molar-refractivity contribution in [1.29, 1.82) is 0 Å². The SMILES string of the molecule is Cc1nc(C)c(-c2nc3c(C)nccc3s2)c(NC2CCC(C(C)(C)O)C2)n1. The van der Waals surface area contributed by atoms with Gasteiger partial charge in [-0.2, -0.15) is 0 Å². The van der Waals surface area contributed by atoms with Crippen molar-refractivity contribution in [3.63, 3.8) is 0 Å². The van der Waals surface area contributed by atoms with Crippen molar-refractivity contribution in [2.45, 2.75) is 65.5 Å². The van der Waals surface area contributed by atoms with Crippen molar-refractivity contribution in [3.8, 4) is 10.6 Å². The van der Waals surface area contributed by atoms with Crippen molar-refractivity contribution in [2.75, 3.05) is 5.32 Å². The molecule has 2 unspecified atom stereocenters. The fourth-order valence-corrected chi connectivity index (χ4v) is 5.22. The van der Waals surface area contributed by atoms with Gasteiger partial charge in [0.1, 0.15) is 22.2 Å². The minimum absolute atomic E-state index is 0.293. The standard InChI is InChI=1S/C21H27N5OS/c1-11-17(20-26-18-12(2)22-9-8-16(18)28-20)19(24-13(3)23-11)25-15-7-6-14(10-15)21(4,5)27/h8-9,14-15,27H,6-7,10H2,1-5H3,(H,23,24,25). The zero-order valence-electron chi connectivity index (χ0n) is 17.1. The van der Waals surface area contributed by atoms with Gasteiger partial charge >= 0.3 is 0 Å². The molecule has 148 valence electrons. The number of nitrogens with one attached hydrogen (secondary N) is 1. The first-order valence-corrected chi connectivity index (χ1v) is 10.6. The van der Waals surface area contributed by atoms with Gasteiger partial charge in [0, 0.05) is 12.2 Å². The molecule has 2 atom stereocenters. The number of rotatable bonds is 4. The predicted octanol–water partition coefficient (Wildman–Crippen LogP) is 4.43. The second-order valence-corrected chi connectivity index (χ2v) is 9.38. The number of thiazole rings is 1. The van der Waals surface area contributed by atoms with E-state index in [4.69, 9.17) is 9.97 Å². The first-order valence-electron chi connectivity index (χ1n) is 9.79. The lowest BCUT2D eigenvalue weighted by atomic mass is 9.89. The van der Waals surface area contributed by atoms with E-state index in [2.05, 4.69) is 15.3 Å². The molecule has 0 radical (unpaired) electrons. The minimum Gasteiger partial charge on any atom is -0.390 e. The van der Waals surface area contributed by atoms with Gasteiger partial charge < -0.3 is 10.4 Å². The lowest BCUT2D eigenvalue weighted by molar-refractivity contribution is 0.0197. The maximum atomic E-state index is 10.4. The number of anilines is 1. The van der Waals surface area contributed by atoms with Crippen LogP contribution in [0.15, 0.2) is 12.3 Å². The number of aliphatic hydroxyl groups is 1. The maximum Gasteiger partial charge on any atom is 0.140 e. The van der Waals surface area contributed by atoms with E-state index in [1.807, 2.05) is 46.9 Å². The molecule has 0 bridgehead atoms. The monoisotopic (exact) mass is 397 g/mol. The summed E-state index contributed by atoms with van der Waals surface area (Å²) in [6.07, 6.45) is 4.81. The summed E-state index contributed by atoms with van der Waals surface area (Å²) in [5.74, 6) is 1.89. The molecule has 4 rings (SSSR count). The molecule has 0 aliphatic heterocycles. The normalized spacial score (nSPS) is 20.1. The Bertz CT molecular complexity index is 1020. The first-order chi connectivity index (χ1) is 13.2. The van der Waals surface area contributed by atoms with E-state index in [0.29, 0.717) is 12.0 Å². The molecule has 0 saturated heterocycles. The Morgan fingerprint density at radius 2 is 1.89 bits per heavy atom. The van der Waals surface area contributed by atoms with Crippen molar-refractivity contribution in [2.24, 2.45) is 5.92 Å². The molecule has 1 fully saturated rings. The topological polar surface area (TPSA) is 83.8 Å². The Hall–Kier alpha value is -2.12. The van der Waals surface area contributed by atoms with Gasteiger partial charge in [-0.3, -0.25) is 4.98 Å². The van der Waals surface area contributed by atoms with E-state index in [1.54, 1.807) is 11.3 Å². The van der Waals surface area contributed by atoms with Crippen LogP contribution in [0.4, 0.5) is 5.82 Å². The zero-order chi connectivity index (χ0) is 20.1. The Morgan fingerprint density at radius 1 is 1.11 bits per heavy atom. The van der Waals surface area contributed by atoms with Crippen LogP contribution in [0.2, 0.25) is 0 Å². The van der Waals surface area contributed by atoms with Crippen LogP contribution in [0.5, 0.6) is 0 Å².